The van der Waals surface area contributed by atoms with E-state index in [2.05, 4.69) is 70.9 Å². The number of thiocarbonyl (C=S) groups is 1. The van der Waals surface area contributed by atoms with Crippen molar-refractivity contribution in [2.24, 2.45) is 0 Å². The van der Waals surface area contributed by atoms with Crippen molar-refractivity contribution in [3.8, 4) is 5.69 Å². The van der Waals surface area contributed by atoms with Gasteiger partial charge in [0, 0.05) is 21.5 Å². The minimum absolute atomic E-state index is 0.0456. The summed E-state index contributed by atoms with van der Waals surface area (Å²) in [6.45, 7) is 12.5. The van der Waals surface area contributed by atoms with E-state index < -0.39 is 11.8 Å². The molecule has 2 aromatic carbocycles. The highest BCUT2D eigenvalue weighted by Gasteiger charge is 2.35. The molecule has 35 heavy (non-hydrogen) atoms. The van der Waals surface area contributed by atoms with Gasteiger partial charge in [0.05, 0.1) is 5.69 Å². The lowest BCUT2D eigenvalue weighted by Gasteiger charge is -2.30. The van der Waals surface area contributed by atoms with Gasteiger partial charge in [0.15, 0.2) is 5.11 Å². The Labute approximate surface area is 220 Å². The summed E-state index contributed by atoms with van der Waals surface area (Å²) in [7, 11) is 0. The van der Waals surface area contributed by atoms with Crippen molar-refractivity contribution in [3.63, 3.8) is 0 Å². The molecule has 0 aliphatic carbocycles. The molecular formula is C28H28BrN3O2S. The summed E-state index contributed by atoms with van der Waals surface area (Å²) in [5, 5.41) is 2.75. The Morgan fingerprint density at radius 1 is 0.971 bits per heavy atom. The quantitative estimate of drug-likeness (QED) is 0.237. The number of hydrogen-bond acceptors (Lipinski definition) is 3. The van der Waals surface area contributed by atoms with Gasteiger partial charge < -0.3 is 4.57 Å². The largest absolute Gasteiger partial charge is 0.318 e. The van der Waals surface area contributed by atoms with E-state index in [1.807, 2.05) is 45.0 Å². The van der Waals surface area contributed by atoms with Crippen LogP contribution in [0.15, 0.2) is 58.6 Å². The molecule has 180 valence electrons. The first-order chi connectivity index (χ1) is 16.4. The summed E-state index contributed by atoms with van der Waals surface area (Å²) in [5.41, 5.74) is 6.67. The van der Waals surface area contributed by atoms with Crippen molar-refractivity contribution in [3.05, 3.63) is 86.7 Å². The highest BCUT2D eigenvalue weighted by molar-refractivity contribution is 9.10. The van der Waals surface area contributed by atoms with Gasteiger partial charge in [0.1, 0.15) is 5.57 Å². The smallest absolute Gasteiger partial charge is 0.270 e. The standard InChI is InChI=1S/C28H28BrN3O2S/c1-16-13-21(29)9-12-24(16)32-26(34)23(25(33)30-27(32)35)15-19-14-17(2)31(18(19)3)22-10-7-20(8-11-22)28(4,5)6/h7-15H,1-6H3,(H,30,33,35)/b23-15+. The van der Waals surface area contributed by atoms with Crippen molar-refractivity contribution in [1.29, 1.82) is 0 Å². The van der Waals surface area contributed by atoms with Crippen LogP contribution in [0.3, 0.4) is 0 Å². The van der Waals surface area contributed by atoms with Gasteiger partial charge in [-0.25, -0.2) is 0 Å². The molecule has 1 aliphatic rings. The molecule has 2 heterocycles. The molecule has 1 aliphatic heterocycles. The van der Waals surface area contributed by atoms with Crippen molar-refractivity contribution in [2.45, 2.75) is 47.0 Å². The third-order valence-corrected chi connectivity index (χ3v) is 7.04. The van der Waals surface area contributed by atoms with Crippen LogP contribution in [-0.4, -0.2) is 21.5 Å². The molecule has 5 nitrogen and oxygen atoms in total. The lowest BCUT2D eigenvalue weighted by Crippen LogP contribution is -2.54. The van der Waals surface area contributed by atoms with Crippen molar-refractivity contribution >= 4 is 56.8 Å². The third-order valence-electron chi connectivity index (χ3n) is 6.26. The second kappa shape index (κ2) is 9.21. The number of aryl methyl sites for hydroxylation is 2. The molecule has 0 atom stereocenters. The van der Waals surface area contributed by atoms with Crippen LogP contribution in [0.5, 0.6) is 0 Å². The molecule has 0 saturated carbocycles. The fraction of sp³-hybridized carbons (Fsp3) is 0.250. The summed E-state index contributed by atoms with van der Waals surface area (Å²) in [6, 6.07) is 16.0. The average molecular weight is 551 g/mol. The molecule has 1 saturated heterocycles. The number of carbonyl (C=O) groups is 2. The zero-order valence-corrected chi connectivity index (χ0v) is 23.1. The maximum absolute atomic E-state index is 13.5. The summed E-state index contributed by atoms with van der Waals surface area (Å²) in [6.07, 6.45) is 1.66. The zero-order valence-electron chi connectivity index (χ0n) is 20.7. The first kappa shape index (κ1) is 25.1. The van der Waals surface area contributed by atoms with Crippen LogP contribution in [0.25, 0.3) is 11.8 Å². The van der Waals surface area contributed by atoms with E-state index in [-0.39, 0.29) is 16.1 Å². The Bertz CT molecular complexity index is 1390. The second-order valence-corrected chi connectivity index (χ2v) is 11.1. The third kappa shape index (κ3) is 4.75. The number of benzene rings is 2. The van der Waals surface area contributed by atoms with E-state index in [1.54, 1.807) is 6.08 Å². The van der Waals surface area contributed by atoms with Crippen LogP contribution in [0.1, 0.15) is 48.8 Å². The molecular weight excluding hydrogens is 522 g/mol. The Balaban J connectivity index is 1.74. The van der Waals surface area contributed by atoms with Crippen LogP contribution in [0.4, 0.5) is 5.69 Å². The molecule has 2 amide bonds. The highest BCUT2D eigenvalue weighted by Crippen LogP contribution is 2.30. The minimum Gasteiger partial charge on any atom is -0.318 e. The number of aromatic nitrogens is 1. The molecule has 0 unspecified atom stereocenters. The zero-order chi connectivity index (χ0) is 25.7. The highest BCUT2D eigenvalue weighted by atomic mass is 79.9. The number of nitrogens with one attached hydrogen (secondary N) is 1. The lowest BCUT2D eigenvalue weighted by molar-refractivity contribution is -0.122. The molecule has 0 spiro atoms. The van der Waals surface area contributed by atoms with E-state index in [0.717, 1.165) is 32.7 Å². The number of halogens is 1. The van der Waals surface area contributed by atoms with Gasteiger partial charge in [-0.2, -0.15) is 0 Å². The summed E-state index contributed by atoms with van der Waals surface area (Å²) < 4.78 is 3.03. The van der Waals surface area contributed by atoms with Crippen molar-refractivity contribution in [1.82, 2.24) is 9.88 Å². The molecule has 3 aromatic rings. The summed E-state index contributed by atoms with van der Waals surface area (Å²) >= 11 is 8.80. The molecule has 1 fully saturated rings. The second-order valence-electron chi connectivity index (χ2n) is 9.85. The maximum atomic E-state index is 13.5. The van der Waals surface area contributed by atoms with Crippen LogP contribution in [-0.2, 0) is 15.0 Å². The topological polar surface area (TPSA) is 54.3 Å². The fourth-order valence-corrected chi connectivity index (χ4v) is 5.09. The van der Waals surface area contributed by atoms with Gasteiger partial charge in [-0.15, -0.1) is 0 Å². The monoisotopic (exact) mass is 549 g/mol. The Morgan fingerprint density at radius 2 is 1.63 bits per heavy atom. The summed E-state index contributed by atoms with van der Waals surface area (Å²) in [4.78, 5) is 27.7. The molecule has 0 radical (unpaired) electrons. The van der Waals surface area contributed by atoms with Gasteiger partial charge in [-0.3, -0.25) is 19.8 Å². The molecule has 7 heteroatoms. The van der Waals surface area contributed by atoms with E-state index >= 15 is 0 Å². The van der Waals surface area contributed by atoms with Crippen LogP contribution < -0.4 is 10.2 Å². The first-order valence-corrected chi connectivity index (χ1v) is 12.6. The van der Waals surface area contributed by atoms with Gasteiger partial charge in [0.2, 0.25) is 0 Å². The SMILES string of the molecule is Cc1cc(Br)ccc1N1C(=O)/C(=C/c2cc(C)n(-c3ccc(C(C)(C)C)cc3)c2C)C(=O)NC1=S. The Hall–Kier alpha value is -3.03. The maximum Gasteiger partial charge on any atom is 0.270 e. The number of carbonyl (C=O) groups excluding carboxylic acids is 2. The molecule has 1 N–H and O–H groups in total. The predicted molar refractivity (Wildman–Crippen MR) is 149 cm³/mol. The van der Waals surface area contributed by atoms with Crippen molar-refractivity contribution in [2.75, 3.05) is 4.90 Å². The van der Waals surface area contributed by atoms with Crippen LogP contribution >= 0.6 is 28.1 Å². The normalized spacial score (nSPS) is 15.7. The van der Waals surface area contributed by atoms with E-state index in [4.69, 9.17) is 12.2 Å². The van der Waals surface area contributed by atoms with E-state index in [9.17, 15) is 9.59 Å². The molecule has 1 aromatic heterocycles. The predicted octanol–water partition coefficient (Wildman–Crippen LogP) is 6.29. The Morgan fingerprint density at radius 3 is 2.23 bits per heavy atom. The van der Waals surface area contributed by atoms with Gasteiger partial charge in [0.25, 0.3) is 11.8 Å². The molecule has 0 bridgehead atoms. The van der Waals surface area contributed by atoms with Gasteiger partial charge >= 0.3 is 0 Å². The van der Waals surface area contributed by atoms with Crippen molar-refractivity contribution < 1.29 is 9.59 Å². The van der Waals surface area contributed by atoms with E-state index in [0.29, 0.717) is 5.69 Å². The Kier molecular flexibility index (Phi) is 6.60. The van der Waals surface area contributed by atoms with Gasteiger partial charge in [-0.1, -0.05) is 48.8 Å². The minimum atomic E-state index is -0.495. The van der Waals surface area contributed by atoms with E-state index in [1.165, 1.54) is 10.5 Å². The van der Waals surface area contributed by atoms with Crippen LogP contribution in [0.2, 0.25) is 0 Å². The number of anilines is 1. The number of rotatable bonds is 3. The average Bonchev–Trinajstić information content (AvgIpc) is 3.04. The molecule has 4 rings (SSSR count). The number of nitrogens with zero attached hydrogens (tertiary/aromatic N) is 2. The van der Waals surface area contributed by atoms with Crippen LogP contribution in [0, 0.1) is 20.8 Å². The number of hydrogen-bond donors (Lipinski definition) is 1. The fourth-order valence-electron chi connectivity index (χ4n) is 4.34. The first-order valence-electron chi connectivity index (χ1n) is 11.4. The summed E-state index contributed by atoms with van der Waals surface area (Å²) in [5.74, 6) is -0.936. The number of amides is 2. The van der Waals surface area contributed by atoms with Gasteiger partial charge in [-0.05, 0) is 97.6 Å². The lowest BCUT2D eigenvalue weighted by atomic mass is 9.87.